The number of thioether (sulfide) groups is 1. The van der Waals surface area contributed by atoms with Gasteiger partial charge in [-0.2, -0.15) is 0 Å². The van der Waals surface area contributed by atoms with Crippen LogP contribution in [-0.4, -0.2) is 20.6 Å². The van der Waals surface area contributed by atoms with Crippen molar-refractivity contribution in [1.82, 2.24) is 9.55 Å². The van der Waals surface area contributed by atoms with E-state index < -0.39 is 0 Å². The summed E-state index contributed by atoms with van der Waals surface area (Å²) in [5.74, 6) is 2.73. The van der Waals surface area contributed by atoms with Crippen LogP contribution in [0.1, 0.15) is 77.2 Å². The highest BCUT2D eigenvalue weighted by Crippen LogP contribution is 2.61. The van der Waals surface area contributed by atoms with Crippen molar-refractivity contribution in [2.24, 2.45) is 23.2 Å². The Labute approximate surface area is 188 Å². The minimum atomic E-state index is -0.156. The van der Waals surface area contributed by atoms with Crippen molar-refractivity contribution in [2.75, 3.05) is 0 Å². The molecule has 0 radical (unpaired) electrons. The summed E-state index contributed by atoms with van der Waals surface area (Å²) in [6.45, 7) is 2.06. The van der Waals surface area contributed by atoms with Crippen LogP contribution >= 0.6 is 11.8 Å². The highest BCUT2D eigenvalue weighted by molar-refractivity contribution is 8.00. The molecule has 1 aromatic carbocycles. The molecule has 0 spiro atoms. The molecule has 4 bridgehead atoms. The maximum Gasteiger partial charge on any atom is 0.262 e. The van der Waals surface area contributed by atoms with Gasteiger partial charge >= 0.3 is 0 Å². The lowest BCUT2D eigenvalue weighted by Crippen LogP contribution is -2.51. The topological polar surface area (TPSA) is 52.0 Å². The molecule has 164 valence electrons. The van der Waals surface area contributed by atoms with Crippen LogP contribution < -0.4 is 5.56 Å². The smallest absolute Gasteiger partial charge is 0.262 e. The second-order valence-corrected chi connectivity index (χ2v) is 12.2. The average molecular weight is 437 g/mol. The Morgan fingerprint density at radius 1 is 1.06 bits per heavy atom. The average Bonchev–Trinajstić information content (AvgIpc) is 3.26. The van der Waals surface area contributed by atoms with E-state index in [1.807, 2.05) is 28.8 Å². The standard InChI is InChI=1S/C26H32N2O2S/c1-16(23(29)26-13-17-10-18(14-26)12-19(11-17)15-26)31-25-27-22-9-5-4-8-21(22)24(30)28(25)20-6-2-3-7-20/h4-5,8-9,16-20H,2-3,6-7,10-15H2,1H3. The first-order valence-corrected chi connectivity index (χ1v) is 13.1. The number of carbonyl (C=O) groups excluding carboxylic acids is 1. The summed E-state index contributed by atoms with van der Waals surface area (Å²) in [5.41, 5.74) is 0.712. The molecule has 1 unspecified atom stereocenters. The van der Waals surface area contributed by atoms with Crippen LogP contribution in [0.25, 0.3) is 10.9 Å². The molecule has 5 heteroatoms. The van der Waals surface area contributed by atoms with Gasteiger partial charge in [-0.3, -0.25) is 14.2 Å². The van der Waals surface area contributed by atoms with Gasteiger partial charge in [-0.1, -0.05) is 36.7 Å². The summed E-state index contributed by atoms with van der Waals surface area (Å²) in [6.07, 6.45) is 11.7. The Balaban J connectivity index is 1.34. The Morgan fingerprint density at radius 2 is 1.68 bits per heavy atom. The number of hydrogen-bond donors (Lipinski definition) is 0. The summed E-state index contributed by atoms with van der Waals surface area (Å²) >= 11 is 1.55. The molecule has 0 aliphatic heterocycles. The first-order chi connectivity index (χ1) is 15.0. The molecule has 31 heavy (non-hydrogen) atoms. The molecule has 1 atom stereocenters. The normalized spacial score (nSPS) is 33.3. The number of benzene rings is 1. The molecule has 0 N–H and O–H groups in total. The number of carbonyl (C=O) groups is 1. The van der Waals surface area contributed by atoms with Crippen LogP contribution in [0.2, 0.25) is 0 Å². The van der Waals surface area contributed by atoms with E-state index in [1.54, 1.807) is 11.8 Å². The van der Waals surface area contributed by atoms with Crippen molar-refractivity contribution >= 4 is 28.4 Å². The van der Waals surface area contributed by atoms with E-state index in [4.69, 9.17) is 4.98 Å². The van der Waals surface area contributed by atoms with Crippen molar-refractivity contribution in [3.63, 3.8) is 0 Å². The van der Waals surface area contributed by atoms with Gasteiger partial charge in [-0.25, -0.2) is 4.98 Å². The van der Waals surface area contributed by atoms with Gasteiger partial charge in [0.15, 0.2) is 10.9 Å². The number of ketones is 1. The second kappa shape index (κ2) is 7.47. The quantitative estimate of drug-likeness (QED) is 0.440. The zero-order chi connectivity index (χ0) is 21.2. The lowest BCUT2D eigenvalue weighted by Gasteiger charge is -2.56. The Hall–Kier alpha value is -1.62. The fourth-order valence-corrected chi connectivity index (χ4v) is 8.92. The minimum absolute atomic E-state index is 0.0643. The maximum absolute atomic E-state index is 13.8. The number of nitrogens with zero attached hydrogens (tertiary/aromatic N) is 2. The number of aromatic nitrogens is 2. The Morgan fingerprint density at radius 3 is 2.32 bits per heavy atom. The Bertz CT molecular complexity index is 1050. The third-order valence-electron chi connectivity index (χ3n) is 8.68. The SMILES string of the molecule is CC(Sc1nc2ccccc2c(=O)n1C1CCCC1)C(=O)C12CC3CC(CC(C3)C1)C2. The van der Waals surface area contributed by atoms with Crippen molar-refractivity contribution in [1.29, 1.82) is 0 Å². The van der Waals surface area contributed by atoms with Gasteiger partial charge < -0.3 is 0 Å². The van der Waals surface area contributed by atoms with Gasteiger partial charge in [0.1, 0.15) is 0 Å². The summed E-state index contributed by atoms with van der Waals surface area (Å²) in [5, 5.41) is 1.29. The van der Waals surface area contributed by atoms with Crippen LogP contribution in [0.15, 0.2) is 34.2 Å². The van der Waals surface area contributed by atoms with Gasteiger partial charge in [0.2, 0.25) is 0 Å². The summed E-state index contributed by atoms with van der Waals surface area (Å²) in [6, 6.07) is 7.87. The van der Waals surface area contributed by atoms with Gasteiger partial charge in [0.05, 0.1) is 16.2 Å². The lowest BCUT2D eigenvalue weighted by molar-refractivity contribution is -0.143. The van der Waals surface area contributed by atoms with Gasteiger partial charge in [0, 0.05) is 11.5 Å². The first-order valence-electron chi connectivity index (χ1n) is 12.2. The molecule has 7 rings (SSSR count). The van der Waals surface area contributed by atoms with Crippen LogP contribution in [0.5, 0.6) is 0 Å². The number of para-hydroxylation sites is 1. The fourth-order valence-electron chi connectivity index (χ4n) is 7.75. The molecule has 5 fully saturated rings. The molecule has 4 nitrogen and oxygen atoms in total. The van der Waals surface area contributed by atoms with Crippen molar-refractivity contribution in [2.45, 2.75) is 87.6 Å². The fraction of sp³-hybridized carbons (Fsp3) is 0.654. The van der Waals surface area contributed by atoms with Crippen LogP contribution in [0.4, 0.5) is 0 Å². The van der Waals surface area contributed by atoms with E-state index in [-0.39, 0.29) is 22.3 Å². The zero-order valence-electron chi connectivity index (χ0n) is 18.4. The van der Waals surface area contributed by atoms with Gasteiger partial charge in [-0.15, -0.1) is 0 Å². The number of hydrogen-bond acceptors (Lipinski definition) is 4. The number of fused-ring (bicyclic) bond motifs is 1. The molecule has 0 saturated heterocycles. The highest BCUT2D eigenvalue weighted by atomic mass is 32.2. The summed E-state index contributed by atoms with van der Waals surface area (Å²) < 4.78 is 1.93. The van der Waals surface area contributed by atoms with Crippen LogP contribution in [0.3, 0.4) is 0 Å². The van der Waals surface area contributed by atoms with E-state index in [1.165, 1.54) is 19.3 Å². The van der Waals surface area contributed by atoms with Crippen LogP contribution in [0, 0.1) is 23.2 Å². The van der Waals surface area contributed by atoms with Crippen molar-refractivity contribution in [3.8, 4) is 0 Å². The van der Waals surface area contributed by atoms with E-state index >= 15 is 0 Å². The molecular weight excluding hydrogens is 404 g/mol. The van der Waals surface area contributed by atoms with E-state index in [0.717, 1.165) is 73.4 Å². The van der Waals surface area contributed by atoms with Crippen LogP contribution in [-0.2, 0) is 4.79 Å². The van der Waals surface area contributed by atoms with Gasteiger partial charge in [0.25, 0.3) is 5.56 Å². The highest BCUT2D eigenvalue weighted by Gasteiger charge is 2.55. The van der Waals surface area contributed by atoms with Crippen molar-refractivity contribution in [3.05, 3.63) is 34.6 Å². The van der Waals surface area contributed by atoms with E-state index in [0.29, 0.717) is 11.2 Å². The second-order valence-electron chi connectivity index (χ2n) is 10.8. The van der Waals surface area contributed by atoms with E-state index in [9.17, 15) is 9.59 Å². The largest absolute Gasteiger partial charge is 0.298 e. The molecule has 2 aromatic rings. The third-order valence-corrected chi connectivity index (χ3v) is 9.74. The Kier molecular flexibility index (Phi) is 4.82. The lowest BCUT2D eigenvalue weighted by atomic mass is 9.48. The minimum Gasteiger partial charge on any atom is -0.298 e. The predicted octanol–water partition coefficient (Wildman–Crippen LogP) is 5.78. The van der Waals surface area contributed by atoms with Gasteiger partial charge in [-0.05, 0) is 88.2 Å². The molecule has 1 heterocycles. The summed E-state index contributed by atoms with van der Waals surface area (Å²) in [7, 11) is 0. The van der Waals surface area contributed by atoms with E-state index in [2.05, 4.69) is 6.92 Å². The molecular formula is C26H32N2O2S. The molecule has 1 aromatic heterocycles. The first kappa shape index (κ1) is 20.0. The molecule has 0 amide bonds. The zero-order valence-corrected chi connectivity index (χ0v) is 19.2. The van der Waals surface area contributed by atoms with Crippen molar-refractivity contribution < 1.29 is 4.79 Å². The third kappa shape index (κ3) is 3.30. The molecule has 5 saturated carbocycles. The molecule has 5 aliphatic carbocycles. The predicted molar refractivity (Wildman–Crippen MR) is 124 cm³/mol. The molecule has 5 aliphatic rings. The number of Topliss-reactive ketones (excluding diaryl/α,β-unsaturated/α-hetero) is 1. The monoisotopic (exact) mass is 436 g/mol. The summed E-state index contributed by atoms with van der Waals surface area (Å²) in [4.78, 5) is 32.2. The maximum atomic E-state index is 13.8. The number of rotatable bonds is 5.